The quantitative estimate of drug-likeness (QED) is 0.162. The molecule has 0 atom stereocenters. The average molecular weight is 983 g/mol. The molecular formula is C70H60B2N2O2. The lowest BCUT2D eigenvalue weighted by Gasteiger charge is -2.50. The van der Waals surface area contributed by atoms with Gasteiger partial charge >= 0.3 is 0 Å². The van der Waals surface area contributed by atoms with Crippen molar-refractivity contribution in [3.63, 3.8) is 0 Å². The second-order valence-electron chi connectivity index (χ2n) is 24.9. The molecule has 3 aliphatic rings. The Bertz CT molecular complexity index is 4260. The number of anilines is 6. The van der Waals surface area contributed by atoms with Crippen molar-refractivity contribution in [2.75, 3.05) is 9.80 Å². The van der Waals surface area contributed by atoms with Crippen LogP contribution in [0.1, 0.15) is 86.1 Å². The van der Waals surface area contributed by atoms with Crippen LogP contribution in [-0.4, -0.2) is 13.4 Å². The fourth-order valence-electron chi connectivity index (χ4n) is 14.5. The van der Waals surface area contributed by atoms with E-state index in [1.165, 1.54) is 133 Å². The number of nitrogens with zero attached hydrogens (tertiary/aromatic N) is 2. The van der Waals surface area contributed by atoms with Crippen molar-refractivity contribution in [1.29, 1.82) is 0 Å². The minimum absolute atomic E-state index is 0.0235. The zero-order valence-corrected chi connectivity index (χ0v) is 45.7. The van der Waals surface area contributed by atoms with Gasteiger partial charge in [0.25, 0.3) is 0 Å². The smallest absolute Gasteiger partial charge is 0.248 e. The minimum atomic E-state index is -0.108. The predicted molar refractivity (Wildman–Crippen MR) is 327 cm³/mol. The van der Waals surface area contributed by atoms with Gasteiger partial charge in [-0.3, -0.25) is 0 Å². The van der Waals surface area contributed by atoms with E-state index in [-0.39, 0.29) is 24.3 Å². The van der Waals surface area contributed by atoms with Crippen LogP contribution in [0.25, 0.3) is 65.4 Å². The summed E-state index contributed by atoms with van der Waals surface area (Å²) < 4.78 is 14.1. The summed E-state index contributed by atoms with van der Waals surface area (Å²) in [6.07, 6.45) is 0. The molecule has 10 aromatic carbocycles. The molecule has 0 N–H and O–H groups in total. The third kappa shape index (κ3) is 6.22. The third-order valence-electron chi connectivity index (χ3n) is 17.7. The van der Waals surface area contributed by atoms with Crippen LogP contribution >= 0.6 is 0 Å². The Kier molecular flexibility index (Phi) is 9.18. The third-order valence-corrected chi connectivity index (χ3v) is 17.7. The van der Waals surface area contributed by atoms with Crippen molar-refractivity contribution >= 4 is 146 Å². The molecule has 5 heterocycles. The summed E-state index contributed by atoms with van der Waals surface area (Å²) in [6, 6.07) is 56.3. The zero-order chi connectivity index (χ0) is 52.2. The van der Waals surface area contributed by atoms with Gasteiger partial charge in [0, 0.05) is 32.9 Å². The maximum Gasteiger partial charge on any atom is 0.248 e. The van der Waals surface area contributed by atoms with Crippen LogP contribution in [0.15, 0.2) is 154 Å². The number of aryl methyl sites for hydroxylation is 6. The van der Waals surface area contributed by atoms with E-state index in [2.05, 4.69) is 238 Å². The fourth-order valence-corrected chi connectivity index (χ4v) is 14.5. The summed E-state index contributed by atoms with van der Waals surface area (Å²) in [6.45, 7) is 27.2. The second kappa shape index (κ2) is 15.3. The van der Waals surface area contributed by atoms with Crippen LogP contribution in [0.3, 0.4) is 0 Å². The Hall–Kier alpha value is -7.95. The molecule has 76 heavy (non-hydrogen) atoms. The molecule has 4 nitrogen and oxygen atoms in total. The molecule has 0 saturated heterocycles. The number of furan rings is 2. The Morgan fingerprint density at radius 1 is 0.342 bits per heavy atom. The lowest BCUT2D eigenvalue weighted by Crippen LogP contribution is -2.62. The number of rotatable bonds is 2. The maximum absolute atomic E-state index is 7.07. The van der Waals surface area contributed by atoms with Crippen LogP contribution in [0.2, 0.25) is 0 Å². The van der Waals surface area contributed by atoms with E-state index in [1.54, 1.807) is 0 Å². The Balaban J connectivity index is 1.14. The molecule has 0 unspecified atom stereocenters. The maximum atomic E-state index is 7.07. The molecule has 0 bridgehead atoms. The first-order valence-electron chi connectivity index (χ1n) is 27.3. The SMILES string of the molecule is Cc1cc(C)c(B2c3cc4oc5cc(C(C)(C)C)ccc5c4cc3N3c4cc5ccccc5c5c4N(c4cc6c(cc4B5c4c(C)cc(C)cc4C)oc4cc(C(C)(C)C)ccc46)c4cc5ccccc5c2c43)c(C)c1. The van der Waals surface area contributed by atoms with Crippen molar-refractivity contribution < 1.29 is 8.83 Å². The predicted octanol–water partition coefficient (Wildman–Crippen LogP) is 15.1. The van der Waals surface area contributed by atoms with Crippen LogP contribution in [0.5, 0.6) is 0 Å². The van der Waals surface area contributed by atoms with Gasteiger partial charge in [-0.05, 0) is 155 Å². The van der Waals surface area contributed by atoms with Crippen molar-refractivity contribution in [3.05, 3.63) is 190 Å². The Morgan fingerprint density at radius 3 is 1.09 bits per heavy atom. The summed E-state index contributed by atoms with van der Waals surface area (Å²) in [5.74, 6) is 0. The Morgan fingerprint density at radius 2 is 0.711 bits per heavy atom. The molecule has 0 amide bonds. The molecule has 3 aliphatic heterocycles. The first-order valence-corrected chi connectivity index (χ1v) is 27.3. The van der Waals surface area contributed by atoms with E-state index in [4.69, 9.17) is 8.83 Å². The van der Waals surface area contributed by atoms with E-state index in [0.717, 1.165) is 43.9 Å². The number of fused-ring (bicyclic) bond motifs is 16. The topological polar surface area (TPSA) is 32.8 Å². The summed E-state index contributed by atoms with van der Waals surface area (Å²) in [7, 11) is 0. The van der Waals surface area contributed by atoms with Gasteiger partial charge in [-0.1, -0.05) is 183 Å². The molecule has 6 heteroatoms. The summed E-state index contributed by atoms with van der Waals surface area (Å²) in [4.78, 5) is 5.37. The van der Waals surface area contributed by atoms with Gasteiger partial charge in [0.1, 0.15) is 22.3 Å². The van der Waals surface area contributed by atoms with Gasteiger partial charge < -0.3 is 18.6 Å². The lowest BCUT2D eigenvalue weighted by molar-refractivity contribution is 0.587. The van der Waals surface area contributed by atoms with Gasteiger partial charge in [-0.25, -0.2) is 0 Å². The van der Waals surface area contributed by atoms with Gasteiger partial charge in [0.2, 0.25) is 13.4 Å². The number of benzene rings is 10. The fraction of sp³-hybridized carbons (Fsp3) is 0.200. The monoisotopic (exact) mass is 982 g/mol. The van der Waals surface area contributed by atoms with Crippen molar-refractivity contribution in [2.45, 2.75) is 93.9 Å². The molecule has 12 aromatic rings. The molecule has 2 aromatic heterocycles. The van der Waals surface area contributed by atoms with Crippen molar-refractivity contribution in [1.82, 2.24) is 0 Å². The van der Waals surface area contributed by atoms with Gasteiger partial charge in [0.15, 0.2) is 0 Å². The average Bonchev–Trinajstić information content (AvgIpc) is 3.58. The molecule has 0 aliphatic carbocycles. The van der Waals surface area contributed by atoms with E-state index >= 15 is 0 Å². The standard InChI is InChI=1S/C70H60B2N2O2/c1-37-25-39(3)63(40(4)26-37)71-53-35-61-51(49-23-21-45(69(7,8)9)31-59(49)75-61)33-55(53)73-58-30-44-18-14-16-20-48(44)66-68(58)74(57-29-43-17-13-15-19-47(43)65(71)67(57)73)56-34-52-50-24-22-46(70(10,11)12)32-60(50)76-62(52)36-54(56)72(66)64-41(5)27-38(2)28-42(64)6/h13-36H,1-12H3. The van der Waals surface area contributed by atoms with E-state index in [9.17, 15) is 0 Å². The number of hydrogen-bond acceptors (Lipinski definition) is 4. The van der Waals surface area contributed by atoms with E-state index < -0.39 is 0 Å². The first-order chi connectivity index (χ1) is 36.4. The first kappa shape index (κ1) is 45.4. The summed E-state index contributed by atoms with van der Waals surface area (Å²) in [5, 5.41) is 9.50. The van der Waals surface area contributed by atoms with Gasteiger partial charge in [0.05, 0.1) is 22.7 Å². The molecule has 0 radical (unpaired) electrons. The Labute approximate surface area is 446 Å². The van der Waals surface area contributed by atoms with Crippen LogP contribution < -0.4 is 42.6 Å². The molecular weight excluding hydrogens is 922 g/mol. The summed E-state index contributed by atoms with van der Waals surface area (Å²) in [5.41, 5.74) is 29.0. The van der Waals surface area contributed by atoms with Gasteiger partial charge in [-0.15, -0.1) is 0 Å². The van der Waals surface area contributed by atoms with Crippen molar-refractivity contribution in [3.8, 4) is 0 Å². The molecule has 15 rings (SSSR count). The normalized spacial score (nSPS) is 13.9. The van der Waals surface area contributed by atoms with Gasteiger partial charge in [-0.2, -0.15) is 0 Å². The summed E-state index contributed by atoms with van der Waals surface area (Å²) >= 11 is 0. The largest absolute Gasteiger partial charge is 0.456 e. The highest BCUT2D eigenvalue weighted by Crippen LogP contribution is 2.58. The highest BCUT2D eigenvalue weighted by Gasteiger charge is 2.49. The van der Waals surface area contributed by atoms with Crippen LogP contribution in [-0.2, 0) is 10.8 Å². The molecule has 0 spiro atoms. The van der Waals surface area contributed by atoms with Crippen LogP contribution in [0.4, 0.5) is 34.1 Å². The van der Waals surface area contributed by atoms with Crippen LogP contribution in [0, 0.1) is 41.5 Å². The molecule has 0 fully saturated rings. The second-order valence-corrected chi connectivity index (χ2v) is 24.9. The molecule has 0 saturated carbocycles. The highest BCUT2D eigenvalue weighted by atomic mass is 16.3. The van der Waals surface area contributed by atoms with Crippen molar-refractivity contribution in [2.24, 2.45) is 0 Å². The zero-order valence-electron chi connectivity index (χ0n) is 45.7. The minimum Gasteiger partial charge on any atom is -0.456 e. The van der Waals surface area contributed by atoms with E-state index in [0.29, 0.717) is 0 Å². The van der Waals surface area contributed by atoms with E-state index in [1.807, 2.05) is 0 Å². The lowest BCUT2D eigenvalue weighted by atomic mass is 9.32. The molecule has 368 valence electrons. The highest BCUT2D eigenvalue weighted by molar-refractivity contribution is 7.01. The number of hydrogen-bond donors (Lipinski definition) is 0.